The first-order chi connectivity index (χ1) is 7.13. The summed E-state index contributed by atoms with van der Waals surface area (Å²) in [6.07, 6.45) is 0.959. The first-order valence-corrected chi connectivity index (χ1v) is 5.60. The molecule has 15 heavy (non-hydrogen) atoms. The maximum Gasteiger partial charge on any atom is 0.138 e. The van der Waals surface area contributed by atoms with Crippen LogP contribution in [0.3, 0.4) is 0 Å². The molecule has 0 aromatic heterocycles. The van der Waals surface area contributed by atoms with Crippen molar-refractivity contribution in [1.82, 2.24) is 0 Å². The molecule has 84 valence electrons. The fourth-order valence-corrected chi connectivity index (χ4v) is 1.38. The second-order valence-electron chi connectivity index (χ2n) is 3.91. The van der Waals surface area contributed by atoms with Crippen LogP contribution < -0.4 is 10.5 Å². The van der Waals surface area contributed by atoms with Crippen LogP contribution in [0.5, 0.6) is 5.75 Å². The van der Waals surface area contributed by atoms with Crippen LogP contribution in [-0.2, 0) is 0 Å². The lowest BCUT2D eigenvalue weighted by Gasteiger charge is -2.11. The SMILES string of the molecule is Cc1ccc(Cl)c(OCCC(C)CN)c1. The normalized spacial score (nSPS) is 12.5. The average molecular weight is 228 g/mol. The van der Waals surface area contributed by atoms with Gasteiger partial charge in [0.25, 0.3) is 0 Å². The summed E-state index contributed by atoms with van der Waals surface area (Å²) in [7, 11) is 0. The lowest BCUT2D eigenvalue weighted by molar-refractivity contribution is 0.286. The van der Waals surface area contributed by atoms with Gasteiger partial charge in [0.05, 0.1) is 11.6 Å². The molecule has 3 heteroatoms. The molecule has 0 aliphatic carbocycles. The van der Waals surface area contributed by atoms with Gasteiger partial charge in [-0.1, -0.05) is 24.6 Å². The lowest BCUT2D eigenvalue weighted by atomic mass is 10.1. The predicted molar refractivity (Wildman–Crippen MR) is 64.5 cm³/mol. The van der Waals surface area contributed by atoms with Gasteiger partial charge in [0.2, 0.25) is 0 Å². The zero-order valence-electron chi connectivity index (χ0n) is 9.29. The standard InChI is InChI=1S/C12H18ClNO/c1-9-3-4-11(13)12(7-9)15-6-5-10(2)8-14/h3-4,7,10H,5-6,8,14H2,1-2H3. The Hall–Kier alpha value is -0.730. The zero-order chi connectivity index (χ0) is 11.3. The van der Waals surface area contributed by atoms with Gasteiger partial charge in [-0.2, -0.15) is 0 Å². The minimum atomic E-state index is 0.494. The van der Waals surface area contributed by atoms with Crippen molar-refractivity contribution < 1.29 is 4.74 Å². The Kier molecular flexibility index (Phi) is 4.92. The van der Waals surface area contributed by atoms with Crippen molar-refractivity contribution in [3.63, 3.8) is 0 Å². The van der Waals surface area contributed by atoms with Crippen molar-refractivity contribution >= 4 is 11.6 Å². The fourth-order valence-electron chi connectivity index (χ4n) is 1.21. The Morgan fingerprint density at radius 1 is 1.47 bits per heavy atom. The molecule has 2 nitrogen and oxygen atoms in total. The van der Waals surface area contributed by atoms with E-state index >= 15 is 0 Å². The molecule has 1 aromatic rings. The summed E-state index contributed by atoms with van der Waals surface area (Å²) in [5, 5.41) is 0.668. The molecule has 1 unspecified atom stereocenters. The van der Waals surface area contributed by atoms with Gasteiger partial charge in [0.15, 0.2) is 0 Å². The van der Waals surface area contributed by atoms with Gasteiger partial charge in [0, 0.05) is 0 Å². The van der Waals surface area contributed by atoms with E-state index in [1.54, 1.807) is 0 Å². The van der Waals surface area contributed by atoms with Crippen LogP contribution in [-0.4, -0.2) is 13.2 Å². The van der Waals surface area contributed by atoms with E-state index in [9.17, 15) is 0 Å². The van der Waals surface area contributed by atoms with Crippen LogP contribution in [0.15, 0.2) is 18.2 Å². The third kappa shape index (κ3) is 4.10. The Bertz CT molecular complexity index is 314. The molecular formula is C12H18ClNO. The minimum Gasteiger partial charge on any atom is -0.492 e. The Morgan fingerprint density at radius 2 is 2.20 bits per heavy atom. The predicted octanol–water partition coefficient (Wildman–Crippen LogP) is 3.01. The van der Waals surface area contributed by atoms with E-state index in [1.807, 2.05) is 25.1 Å². The topological polar surface area (TPSA) is 35.2 Å². The van der Waals surface area contributed by atoms with E-state index in [4.69, 9.17) is 22.1 Å². The number of hydrogen-bond donors (Lipinski definition) is 1. The van der Waals surface area contributed by atoms with Gasteiger partial charge in [-0.15, -0.1) is 0 Å². The highest BCUT2D eigenvalue weighted by molar-refractivity contribution is 6.32. The monoisotopic (exact) mass is 227 g/mol. The summed E-state index contributed by atoms with van der Waals surface area (Å²) in [5.41, 5.74) is 6.68. The fraction of sp³-hybridized carbons (Fsp3) is 0.500. The summed E-state index contributed by atoms with van der Waals surface area (Å²) in [5.74, 6) is 1.26. The average Bonchev–Trinajstić information content (AvgIpc) is 2.23. The Labute approximate surface area is 96.4 Å². The number of hydrogen-bond acceptors (Lipinski definition) is 2. The molecule has 1 atom stereocenters. The van der Waals surface area contributed by atoms with E-state index in [0.29, 0.717) is 24.1 Å². The Balaban J connectivity index is 2.46. The number of aryl methyl sites for hydroxylation is 1. The molecule has 0 aliphatic rings. The number of rotatable bonds is 5. The van der Waals surface area contributed by atoms with Crippen LogP contribution >= 0.6 is 11.6 Å². The maximum absolute atomic E-state index is 6.00. The minimum absolute atomic E-state index is 0.494. The summed E-state index contributed by atoms with van der Waals surface area (Å²) < 4.78 is 5.60. The number of nitrogens with two attached hydrogens (primary N) is 1. The smallest absolute Gasteiger partial charge is 0.138 e. The molecule has 1 aromatic carbocycles. The van der Waals surface area contributed by atoms with E-state index in [2.05, 4.69) is 6.92 Å². The third-order valence-corrected chi connectivity index (χ3v) is 2.67. The molecule has 0 heterocycles. The molecule has 0 bridgehead atoms. The molecule has 0 fully saturated rings. The van der Waals surface area contributed by atoms with Crippen molar-refractivity contribution in [3.8, 4) is 5.75 Å². The van der Waals surface area contributed by atoms with Gasteiger partial charge < -0.3 is 10.5 Å². The van der Waals surface area contributed by atoms with E-state index in [1.165, 1.54) is 0 Å². The molecular weight excluding hydrogens is 210 g/mol. The first kappa shape index (κ1) is 12.3. The van der Waals surface area contributed by atoms with Gasteiger partial charge in [0.1, 0.15) is 5.75 Å². The summed E-state index contributed by atoms with van der Waals surface area (Å²) in [6.45, 7) is 5.50. The number of benzene rings is 1. The first-order valence-electron chi connectivity index (χ1n) is 5.22. The molecule has 0 aliphatic heterocycles. The molecule has 0 amide bonds. The highest BCUT2D eigenvalue weighted by Crippen LogP contribution is 2.25. The van der Waals surface area contributed by atoms with E-state index < -0.39 is 0 Å². The number of halogens is 1. The van der Waals surface area contributed by atoms with Gasteiger partial charge in [-0.25, -0.2) is 0 Å². The van der Waals surface area contributed by atoms with Gasteiger partial charge in [-0.3, -0.25) is 0 Å². The van der Waals surface area contributed by atoms with E-state index in [-0.39, 0.29) is 0 Å². The quantitative estimate of drug-likeness (QED) is 0.840. The molecule has 0 saturated heterocycles. The zero-order valence-corrected chi connectivity index (χ0v) is 10.1. The van der Waals surface area contributed by atoms with Crippen LogP contribution in [0.4, 0.5) is 0 Å². The lowest BCUT2D eigenvalue weighted by Crippen LogP contribution is -2.14. The molecule has 1 rings (SSSR count). The second-order valence-corrected chi connectivity index (χ2v) is 4.32. The Morgan fingerprint density at radius 3 is 2.87 bits per heavy atom. The maximum atomic E-state index is 6.00. The van der Waals surface area contributed by atoms with Gasteiger partial charge in [-0.05, 0) is 43.5 Å². The van der Waals surface area contributed by atoms with Crippen molar-refractivity contribution in [2.45, 2.75) is 20.3 Å². The van der Waals surface area contributed by atoms with Crippen LogP contribution in [0, 0.1) is 12.8 Å². The van der Waals surface area contributed by atoms with Crippen molar-refractivity contribution in [2.24, 2.45) is 11.7 Å². The van der Waals surface area contributed by atoms with Crippen molar-refractivity contribution in [1.29, 1.82) is 0 Å². The summed E-state index contributed by atoms with van der Waals surface area (Å²) in [4.78, 5) is 0. The van der Waals surface area contributed by atoms with Gasteiger partial charge >= 0.3 is 0 Å². The van der Waals surface area contributed by atoms with Crippen LogP contribution in [0.2, 0.25) is 5.02 Å². The molecule has 0 spiro atoms. The summed E-state index contributed by atoms with van der Waals surface area (Å²) >= 11 is 6.00. The third-order valence-electron chi connectivity index (χ3n) is 2.36. The summed E-state index contributed by atoms with van der Waals surface area (Å²) in [6, 6.07) is 5.78. The largest absolute Gasteiger partial charge is 0.492 e. The van der Waals surface area contributed by atoms with Crippen LogP contribution in [0.25, 0.3) is 0 Å². The second kappa shape index (κ2) is 5.99. The molecule has 0 saturated carbocycles. The van der Waals surface area contributed by atoms with E-state index in [0.717, 1.165) is 17.7 Å². The highest BCUT2D eigenvalue weighted by atomic mass is 35.5. The number of ether oxygens (including phenoxy) is 1. The van der Waals surface area contributed by atoms with Crippen molar-refractivity contribution in [2.75, 3.05) is 13.2 Å². The van der Waals surface area contributed by atoms with Crippen LogP contribution in [0.1, 0.15) is 18.9 Å². The van der Waals surface area contributed by atoms with Crippen molar-refractivity contribution in [3.05, 3.63) is 28.8 Å². The molecule has 2 N–H and O–H groups in total. The molecule has 0 radical (unpaired) electrons. The highest BCUT2D eigenvalue weighted by Gasteiger charge is 2.03.